The Balaban J connectivity index is 0.00000264. The molecule has 1 aliphatic heterocycles. The summed E-state index contributed by atoms with van der Waals surface area (Å²) in [7, 11) is -3.57. The highest BCUT2D eigenvalue weighted by Gasteiger charge is 2.25. The predicted octanol–water partition coefficient (Wildman–Crippen LogP) is 1.29. The Morgan fingerprint density at radius 3 is 2.70 bits per heavy atom. The number of carbonyl (C=O) groups excluding carboxylic acids is 1. The molecule has 0 aliphatic carbocycles. The van der Waals surface area contributed by atoms with E-state index >= 15 is 0 Å². The minimum atomic E-state index is -3.57. The van der Waals surface area contributed by atoms with Gasteiger partial charge in [0.25, 0.3) is 0 Å². The van der Waals surface area contributed by atoms with Crippen molar-refractivity contribution in [1.82, 2.24) is 10.0 Å². The van der Waals surface area contributed by atoms with Crippen LogP contribution in [0.3, 0.4) is 0 Å². The predicted molar refractivity (Wildman–Crippen MR) is 93.7 cm³/mol. The van der Waals surface area contributed by atoms with Crippen LogP contribution >= 0.6 is 12.4 Å². The monoisotopic (exact) mass is 361 g/mol. The molecule has 0 fully saturated rings. The molecule has 1 aromatic carbocycles. The summed E-state index contributed by atoms with van der Waals surface area (Å²) in [6.45, 7) is 7.11. The summed E-state index contributed by atoms with van der Waals surface area (Å²) in [4.78, 5) is 13.4. The lowest BCUT2D eigenvalue weighted by Crippen LogP contribution is -2.38. The first-order valence-corrected chi connectivity index (χ1v) is 8.97. The lowest BCUT2D eigenvalue weighted by atomic mass is 10.2. The first-order valence-electron chi connectivity index (χ1n) is 7.49. The van der Waals surface area contributed by atoms with Crippen LogP contribution in [0.5, 0.6) is 0 Å². The highest BCUT2D eigenvalue weighted by Crippen LogP contribution is 2.30. The van der Waals surface area contributed by atoms with Gasteiger partial charge in [-0.3, -0.25) is 4.79 Å². The Kier molecular flexibility index (Phi) is 7.01. The average molecular weight is 362 g/mol. The molecular weight excluding hydrogens is 338 g/mol. The molecule has 0 radical (unpaired) electrons. The van der Waals surface area contributed by atoms with Crippen LogP contribution in [0.15, 0.2) is 23.1 Å². The van der Waals surface area contributed by atoms with Crippen molar-refractivity contribution in [1.29, 1.82) is 0 Å². The number of hydrogen-bond acceptors (Lipinski definition) is 4. The van der Waals surface area contributed by atoms with Gasteiger partial charge >= 0.3 is 0 Å². The molecule has 130 valence electrons. The number of amides is 1. The maximum absolute atomic E-state index is 12.4. The standard InChI is InChI=1S/C15H23N3O3S.ClH/c1-4-16-11(2)10-17-22(20,21)14-6-5-13-7-8-18(12(3)19)15(13)9-14;/h5-6,9,11,16-17H,4,7-8,10H2,1-3H3;1H/t11-;/m1./s1. The van der Waals surface area contributed by atoms with Crippen LogP contribution in [-0.4, -0.2) is 40.0 Å². The van der Waals surface area contributed by atoms with Gasteiger partial charge in [-0.2, -0.15) is 0 Å². The van der Waals surface area contributed by atoms with E-state index in [9.17, 15) is 13.2 Å². The third kappa shape index (κ3) is 4.67. The number of rotatable bonds is 6. The summed E-state index contributed by atoms with van der Waals surface area (Å²) in [5.41, 5.74) is 1.71. The van der Waals surface area contributed by atoms with Gasteiger partial charge in [-0.25, -0.2) is 13.1 Å². The Morgan fingerprint density at radius 1 is 1.39 bits per heavy atom. The number of halogens is 1. The van der Waals surface area contributed by atoms with Crippen molar-refractivity contribution in [3.8, 4) is 0 Å². The zero-order chi connectivity index (χ0) is 16.3. The summed E-state index contributed by atoms with van der Waals surface area (Å²) in [6.07, 6.45) is 0.764. The summed E-state index contributed by atoms with van der Waals surface area (Å²) in [5.74, 6) is -0.0676. The molecule has 1 amide bonds. The second-order valence-electron chi connectivity index (χ2n) is 5.52. The molecule has 1 heterocycles. The van der Waals surface area contributed by atoms with Crippen molar-refractivity contribution in [2.45, 2.75) is 38.1 Å². The fourth-order valence-electron chi connectivity index (χ4n) is 2.59. The quantitative estimate of drug-likeness (QED) is 0.800. The number of likely N-dealkylation sites (N-methyl/N-ethyl adjacent to an activating group) is 1. The molecule has 2 rings (SSSR count). The van der Waals surface area contributed by atoms with Gasteiger partial charge in [0.05, 0.1) is 4.90 Å². The maximum atomic E-state index is 12.4. The molecule has 8 heteroatoms. The molecule has 2 N–H and O–H groups in total. The molecule has 23 heavy (non-hydrogen) atoms. The number of nitrogens with one attached hydrogen (secondary N) is 2. The molecule has 0 bridgehead atoms. The van der Waals surface area contributed by atoms with Gasteiger partial charge in [-0.15, -0.1) is 12.4 Å². The van der Waals surface area contributed by atoms with E-state index in [-0.39, 0.29) is 29.3 Å². The smallest absolute Gasteiger partial charge is 0.240 e. The molecule has 0 aromatic heterocycles. The molecule has 0 unspecified atom stereocenters. The van der Waals surface area contributed by atoms with Crippen molar-refractivity contribution in [3.63, 3.8) is 0 Å². The van der Waals surface area contributed by atoms with Crippen LogP contribution in [0.1, 0.15) is 26.3 Å². The Morgan fingerprint density at radius 2 is 2.09 bits per heavy atom. The van der Waals surface area contributed by atoms with Gasteiger partial charge in [0.1, 0.15) is 0 Å². The van der Waals surface area contributed by atoms with E-state index in [1.54, 1.807) is 23.1 Å². The van der Waals surface area contributed by atoms with Crippen molar-refractivity contribution >= 4 is 34.0 Å². The first-order chi connectivity index (χ1) is 10.3. The second kappa shape index (κ2) is 8.10. The van der Waals surface area contributed by atoms with Gasteiger partial charge in [0.15, 0.2) is 0 Å². The minimum absolute atomic E-state index is 0. The van der Waals surface area contributed by atoms with E-state index in [0.29, 0.717) is 18.8 Å². The molecular formula is C15H24ClN3O3S. The number of fused-ring (bicyclic) bond motifs is 1. The fourth-order valence-corrected chi connectivity index (χ4v) is 3.74. The van der Waals surface area contributed by atoms with Crippen molar-refractivity contribution < 1.29 is 13.2 Å². The molecule has 6 nitrogen and oxygen atoms in total. The van der Waals surface area contributed by atoms with E-state index in [1.165, 1.54) is 6.92 Å². The molecule has 0 saturated carbocycles. The SMILES string of the molecule is CCN[C@H](C)CNS(=O)(=O)c1ccc2c(c1)N(C(C)=O)CC2.Cl. The Labute approximate surface area is 144 Å². The lowest BCUT2D eigenvalue weighted by Gasteiger charge is -2.17. The van der Waals surface area contributed by atoms with Gasteiger partial charge in [0.2, 0.25) is 15.9 Å². The van der Waals surface area contributed by atoms with Crippen molar-refractivity contribution in [2.75, 3.05) is 24.5 Å². The van der Waals surface area contributed by atoms with Gasteiger partial charge in [-0.1, -0.05) is 13.0 Å². The van der Waals surface area contributed by atoms with Crippen LogP contribution in [0.2, 0.25) is 0 Å². The topological polar surface area (TPSA) is 78.5 Å². The molecule has 1 atom stereocenters. The van der Waals surface area contributed by atoms with Gasteiger partial charge in [0, 0.05) is 31.7 Å². The third-order valence-electron chi connectivity index (χ3n) is 3.77. The first kappa shape index (κ1) is 19.9. The summed E-state index contributed by atoms with van der Waals surface area (Å²) < 4.78 is 27.4. The summed E-state index contributed by atoms with van der Waals surface area (Å²) >= 11 is 0. The average Bonchev–Trinajstić information content (AvgIpc) is 2.88. The number of carbonyl (C=O) groups is 1. The van der Waals surface area contributed by atoms with E-state index in [2.05, 4.69) is 10.0 Å². The van der Waals surface area contributed by atoms with Gasteiger partial charge in [-0.05, 0) is 37.6 Å². The van der Waals surface area contributed by atoms with Crippen molar-refractivity contribution in [3.05, 3.63) is 23.8 Å². The summed E-state index contributed by atoms with van der Waals surface area (Å²) in [5, 5.41) is 3.15. The second-order valence-corrected chi connectivity index (χ2v) is 7.29. The molecule has 0 spiro atoms. The summed E-state index contributed by atoms with van der Waals surface area (Å²) in [6, 6.07) is 5.04. The highest BCUT2D eigenvalue weighted by molar-refractivity contribution is 7.89. The fraction of sp³-hybridized carbons (Fsp3) is 0.533. The van der Waals surface area contributed by atoms with Crippen LogP contribution in [0, 0.1) is 0 Å². The van der Waals surface area contributed by atoms with E-state index < -0.39 is 10.0 Å². The zero-order valence-electron chi connectivity index (χ0n) is 13.6. The van der Waals surface area contributed by atoms with Crippen LogP contribution < -0.4 is 14.9 Å². The van der Waals surface area contributed by atoms with E-state index in [4.69, 9.17) is 0 Å². The van der Waals surface area contributed by atoms with E-state index in [1.807, 2.05) is 13.8 Å². The number of anilines is 1. The van der Waals surface area contributed by atoms with Crippen LogP contribution in [0.4, 0.5) is 5.69 Å². The normalized spacial score (nSPS) is 15.0. The Bertz CT molecular complexity index is 664. The highest BCUT2D eigenvalue weighted by atomic mass is 35.5. The number of benzene rings is 1. The molecule has 0 saturated heterocycles. The van der Waals surface area contributed by atoms with E-state index in [0.717, 1.165) is 18.5 Å². The molecule has 1 aromatic rings. The van der Waals surface area contributed by atoms with Crippen molar-refractivity contribution in [2.24, 2.45) is 0 Å². The number of hydrogen-bond donors (Lipinski definition) is 2. The number of nitrogens with zero attached hydrogens (tertiary/aromatic N) is 1. The van der Waals surface area contributed by atoms with Crippen LogP contribution in [0.25, 0.3) is 0 Å². The van der Waals surface area contributed by atoms with Crippen LogP contribution in [-0.2, 0) is 21.2 Å². The van der Waals surface area contributed by atoms with Gasteiger partial charge < -0.3 is 10.2 Å². The maximum Gasteiger partial charge on any atom is 0.240 e. The minimum Gasteiger partial charge on any atom is -0.313 e. The third-order valence-corrected chi connectivity index (χ3v) is 5.20. The lowest BCUT2D eigenvalue weighted by molar-refractivity contribution is -0.116. The zero-order valence-corrected chi connectivity index (χ0v) is 15.3. The largest absolute Gasteiger partial charge is 0.313 e. The Hall–Kier alpha value is -1.15. The molecule has 1 aliphatic rings. The number of sulfonamides is 1.